The maximum atomic E-state index is 11.1. The Labute approximate surface area is 108 Å². The van der Waals surface area contributed by atoms with Crippen molar-refractivity contribution in [2.45, 2.75) is 13.8 Å². The van der Waals surface area contributed by atoms with Gasteiger partial charge in [0, 0.05) is 12.1 Å². The largest absolute Gasteiger partial charge is 0.477 e. The van der Waals surface area contributed by atoms with E-state index in [-0.39, 0.29) is 5.69 Å². The summed E-state index contributed by atoms with van der Waals surface area (Å²) < 4.78 is 7.12. The van der Waals surface area contributed by atoms with Gasteiger partial charge in [-0.15, -0.1) is 0 Å². The Hall–Kier alpha value is -2.63. The van der Waals surface area contributed by atoms with Crippen LogP contribution in [0.2, 0.25) is 0 Å². The molecule has 0 fully saturated rings. The van der Waals surface area contributed by atoms with E-state index in [9.17, 15) is 4.79 Å². The van der Waals surface area contributed by atoms with Crippen LogP contribution < -0.4 is 0 Å². The Bertz CT molecular complexity index is 786. The van der Waals surface area contributed by atoms with E-state index in [2.05, 4.69) is 10.1 Å². The van der Waals surface area contributed by atoms with E-state index in [1.807, 2.05) is 19.9 Å². The van der Waals surface area contributed by atoms with Crippen molar-refractivity contribution in [1.29, 1.82) is 0 Å². The van der Waals surface area contributed by atoms with Crippen molar-refractivity contribution in [3.05, 3.63) is 41.4 Å². The van der Waals surface area contributed by atoms with Gasteiger partial charge in [-0.3, -0.25) is 0 Å². The first-order valence-electron chi connectivity index (χ1n) is 5.72. The molecule has 0 atom stereocenters. The van der Waals surface area contributed by atoms with Crippen LogP contribution in [0.25, 0.3) is 17.1 Å². The highest BCUT2D eigenvalue weighted by molar-refractivity contribution is 5.87. The van der Waals surface area contributed by atoms with Crippen molar-refractivity contribution in [1.82, 2.24) is 14.6 Å². The lowest BCUT2D eigenvalue weighted by atomic mass is 10.2. The summed E-state index contributed by atoms with van der Waals surface area (Å²) in [7, 11) is 0. The van der Waals surface area contributed by atoms with Crippen molar-refractivity contribution in [3.8, 4) is 11.5 Å². The predicted molar refractivity (Wildman–Crippen MR) is 67.1 cm³/mol. The summed E-state index contributed by atoms with van der Waals surface area (Å²) in [6.07, 6.45) is 0. The molecule has 0 aromatic carbocycles. The third kappa shape index (κ3) is 1.87. The molecule has 3 heterocycles. The first-order chi connectivity index (χ1) is 9.04. The van der Waals surface area contributed by atoms with E-state index in [1.54, 1.807) is 16.6 Å². The number of furan rings is 1. The van der Waals surface area contributed by atoms with Gasteiger partial charge in [0.05, 0.1) is 5.69 Å². The molecule has 0 saturated heterocycles. The predicted octanol–water partition coefficient (Wildman–Crippen LogP) is 2.30. The summed E-state index contributed by atoms with van der Waals surface area (Å²) in [5, 5.41) is 13.4. The number of aromatic carboxylic acids is 1. The van der Waals surface area contributed by atoms with Crippen molar-refractivity contribution in [2.24, 2.45) is 0 Å². The fourth-order valence-electron chi connectivity index (χ4n) is 1.95. The molecule has 3 aromatic rings. The average molecular weight is 257 g/mol. The lowest BCUT2D eigenvalue weighted by Crippen LogP contribution is -2.05. The number of rotatable bonds is 2. The summed E-state index contributed by atoms with van der Waals surface area (Å²) >= 11 is 0. The second-order valence-electron chi connectivity index (χ2n) is 4.30. The van der Waals surface area contributed by atoms with Crippen molar-refractivity contribution in [2.75, 3.05) is 0 Å². The van der Waals surface area contributed by atoms with Crippen LogP contribution in [0.15, 0.2) is 28.7 Å². The molecule has 0 unspecified atom stereocenters. The van der Waals surface area contributed by atoms with Gasteiger partial charge >= 0.3 is 5.97 Å². The quantitative estimate of drug-likeness (QED) is 0.761. The minimum atomic E-state index is -1.08. The van der Waals surface area contributed by atoms with Crippen LogP contribution in [0.5, 0.6) is 0 Å². The molecular weight excluding hydrogens is 246 g/mol. The molecule has 6 nitrogen and oxygen atoms in total. The Morgan fingerprint density at radius 2 is 2.11 bits per heavy atom. The molecule has 0 spiro atoms. The highest BCUT2D eigenvalue weighted by Crippen LogP contribution is 2.23. The van der Waals surface area contributed by atoms with Crippen LogP contribution >= 0.6 is 0 Å². The monoisotopic (exact) mass is 257 g/mol. The number of hydrogen-bond donors (Lipinski definition) is 1. The van der Waals surface area contributed by atoms with Gasteiger partial charge < -0.3 is 9.52 Å². The lowest BCUT2D eigenvalue weighted by molar-refractivity contribution is 0.0690. The Balaban J connectivity index is 2.34. The molecule has 0 aliphatic carbocycles. The van der Waals surface area contributed by atoms with Gasteiger partial charge in [0.25, 0.3) is 0 Å². The summed E-state index contributed by atoms with van der Waals surface area (Å²) in [6.45, 7) is 3.65. The molecule has 19 heavy (non-hydrogen) atoms. The van der Waals surface area contributed by atoms with E-state index in [1.165, 1.54) is 6.07 Å². The van der Waals surface area contributed by atoms with Crippen molar-refractivity contribution in [3.63, 3.8) is 0 Å². The zero-order valence-electron chi connectivity index (χ0n) is 10.4. The van der Waals surface area contributed by atoms with Gasteiger partial charge in [-0.2, -0.15) is 5.10 Å². The summed E-state index contributed by atoms with van der Waals surface area (Å²) in [4.78, 5) is 15.2. The minimum Gasteiger partial charge on any atom is -0.477 e. The molecule has 0 radical (unpaired) electrons. The van der Waals surface area contributed by atoms with Gasteiger partial charge in [0.2, 0.25) is 0 Å². The Kier molecular flexibility index (Phi) is 2.38. The van der Waals surface area contributed by atoms with E-state index >= 15 is 0 Å². The molecule has 1 N–H and O–H groups in total. The van der Waals surface area contributed by atoms with Crippen LogP contribution in [-0.4, -0.2) is 25.7 Å². The second-order valence-corrected chi connectivity index (χ2v) is 4.30. The smallest absolute Gasteiger partial charge is 0.354 e. The number of aryl methyl sites for hydroxylation is 2. The Morgan fingerprint density at radius 3 is 2.74 bits per heavy atom. The topological polar surface area (TPSA) is 80.6 Å². The maximum absolute atomic E-state index is 11.1. The minimum absolute atomic E-state index is 0.0311. The first kappa shape index (κ1) is 11.5. The number of carboxylic acid groups (broad SMARTS) is 1. The lowest BCUT2D eigenvalue weighted by Gasteiger charge is -2.03. The number of carbonyl (C=O) groups is 1. The molecular formula is C13H11N3O3. The number of aromatic nitrogens is 3. The maximum Gasteiger partial charge on any atom is 0.354 e. The molecule has 3 aromatic heterocycles. The van der Waals surface area contributed by atoms with Crippen LogP contribution in [-0.2, 0) is 0 Å². The van der Waals surface area contributed by atoms with Crippen LogP contribution in [0.4, 0.5) is 0 Å². The fraction of sp³-hybridized carbons (Fsp3) is 0.154. The van der Waals surface area contributed by atoms with Gasteiger partial charge in [0.1, 0.15) is 11.5 Å². The molecule has 0 aliphatic heterocycles. The summed E-state index contributed by atoms with van der Waals surface area (Å²) in [5.41, 5.74) is 1.79. The fourth-order valence-corrected chi connectivity index (χ4v) is 1.95. The van der Waals surface area contributed by atoms with Gasteiger partial charge in [0.15, 0.2) is 17.1 Å². The molecule has 3 rings (SSSR count). The third-order valence-electron chi connectivity index (χ3n) is 2.76. The summed E-state index contributed by atoms with van der Waals surface area (Å²) in [5.74, 6) is 0.238. The zero-order valence-corrected chi connectivity index (χ0v) is 10.4. The number of carboxylic acids is 1. The highest BCUT2D eigenvalue weighted by Gasteiger charge is 2.15. The van der Waals surface area contributed by atoms with Gasteiger partial charge in [-0.25, -0.2) is 14.3 Å². The molecule has 6 heteroatoms. The normalized spacial score (nSPS) is 11.1. The van der Waals surface area contributed by atoms with Gasteiger partial charge in [-0.1, -0.05) is 0 Å². The number of nitrogens with zero attached hydrogens (tertiary/aromatic N) is 3. The van der Waals surface area contributed by atoms with E-state index in [4.69, 9.17) is 9.52 Å². The molecule has 0 aliphatic rings. The van der Waals surface area contributed by atoms with E-state index < -0.39 is 5.97 Å². The third-order valence-corrected chi connectivity index (χ3v) is 2.76. The van der Waals surface area contributed by atoms with Crippen LogP contribution in [0.1, 0.15) is 21.9 Å². The SMILES string of the molecule is Cc1cc2nc(C(=O)O)cc(-c3ccc(C)o3)n2n1. The molecule has 0 amide bonds. The first-order valence-corrected chi connectivity index (χ1v) is 5.72. The Morgan fingerprint density at radius 1 is 1.32 bits per heavy atom. The standard InChI is InChI=1S/C13H11N3O3/c1-7-5-12-14-9(13(17)18)6-10(16(12)15-7)11-4-3-8(2)19-11/h3-6H,1-2H3,(H,17,18). The van der Waals surface area contributed by atoms with Crippen molar-refractivity contribution >= 4 is 11.6 Å². The number of hydrogen-bond acceptors (Lipinski definition) is 4. The zero-order chi connectivity index (χ0) is 13.6. The van der Waals surface area contributed by atoms with Gasteiger partial charge in [-0.05, 0) is 26.0 Å². The molecule has 96 valence electrons. The molecule has 0 saturated carbocycles. The van der Waals surface area contributed by atoms with Crippen LogP contribution in [0.3, 0.4) is 0 Å². The van der Waals surface area contributed by atoms with Crippen LogP contribution in [0, 0.1) is 13.8 Å². The number of fused-ring (bicyclic) bond motifs is 1. The molecule has 0 bridgehead atoms. The van der Waals surface area contributed by atoms with E-state index in [0.29, 0.717) is 17.1 Å². The van der Waals surface area contributed by atoms with Crippen molar-refractivity contribution < 1.29 is 14.3 Å². The summed E-state index contributed by atoms with van der Waals surface area (Å²) in [6, 6.07) is 6.79. The average Bonchev–Trinajstić information content (AvgIpc) is 2.92. The van der Waals surface area contributed by atoms with E-state index in [0.717, 1.165) is 11.5 Å². The second kappa shape index (κ2) is 3.94. The highest BCUT2D eigenvalue weighted by atomic mass is 16.4.